The minimum atomic E-state index is -6.46. The molecule has 3 aromatic rings. The van der Waals surface area contributed by atoms with Crippen molar-refractivity contribution in [2.45, 2.75) is 24.8 Å². The molecular weight excluding hydrogens is 429 g/mol. The maximum Gasteiger partial charge on any atom is 0.462 e. The van der Waals surface area contributed by atoms with Gasteiger partial charge >= 0.3 is 18.1 Å². The van der Waals surface area contributed by atoms with Crippen LogP contribution >= 0.6 is 0 Å². The van der Waals surface area contributed by atoms with Crippen LogP contribution in [0.25, 0.3) is 10.8 Å². The molecule has 0 fully saturated rings. The molecule has 0 aliphatic carbocycles. The molecule has 10 heteroatoms. The number of hydrogen-bond acceptors (Lipinski definition) is 3. The Labute approximate surface area is 172 Å². The van der Waals surface area contributed by atoms with Crippen molar-refractivity contribution in [3.05, 3.63) is 77.9 Å². The van der Waals surface area contributed by atoms with Crippen molar-refractivity contribution in [3.63, 3.8) is 0 Å². The van der Waals surface area contributed by atoms with Gasteiger partial charge in [-0.25, -0.2) is 5.43 Å². The largest absolute Gasteiger partial charge is 0.488 e. The molecule has 0 saturated carbocycles. The zero-order valence-electron chi connectivity index (χ0n) is 15.6. The standard InChI is InChI=1S/C21H15F7N2O/c22-19(23,20(24,25)26)21(27,28)30-29-12-17-16-9-5-4-8-15(16)10-11-18(17)31-13-14-6-2-1-3-7-14/h1-12,30H,13H2/b29-12-. The third-order valence-corrected chi connectivity index (χ3v) is 4.32. The lowest BCUT2D eigenvalue weighted by Gasteiger charge is -2.27. The number of rotatable bonds is 7. The second kappa shape index (κ2) is 8.44. The van der Waals surface area contributed by atoms with E-state index in [9.17, 15) is 30.7 Å². The molecule has 0 radical (unpaired) electrons. The van der Waals surface area contributed by atoms with E-state index in [1.165, 1.54) is 6.07 Å². The van der Waals surface area contributed by atoms with Crippen LogP contribution in [0.4, 0.5) is 30.7 Å². The number of nitrogens with zero attached hydrogens (tertiary/aromatic N) is 1. The Balaban J connectivity index is 1.90. The summed E-state index contributed by atoms with van der Waals surface area (Å²) in [5.74, 6) is -6.14. The summed E-state index contributed by atoms with van der Waals surface area (Å²) in [5.41, 5.74) is 1.56. The summed E-state index contributed by atoms with van der Waals surface area (Å²) < 4.78 is 95.5. The van der Waals surface area contributed by atoms with Crippen LogP contribution in [0.3, 0.4) is 0 Å². The van der Waals surface area contributed by atoms with Gasteiger partial charge < -0.3 is 4.74 Å². The van der Waals surface area contributed by atoms with Gasteiger partial charge in [-0.3, -0.25) is 0 Å². The smallest absolute Gasteiger partial charge is 0.462 e. The molecule has 0 unspecified atom stereocenters. The number of fused-ring (bicyclic) bond motifs is 1. The highest BCUT2D eigenvalue weighted by atomic mass is 19.4. The highest BCUT2D eigenvalue weighted by Gasteiger charge is 2.73. The first-order valence-electron chi connectivity index (χ1n) is 8.84. The van der Waals surface area contributed by atoms with Crippen LogP contribution in [0.2, 0.25) is 0 Å². The maximum absolute atomic E-state index is 13.5. The SMILES string of the molecule is FC(F)(F)C(F)(F)C(F)(F)N/N=C\c1c(OCc2ccccc2)ccc2ccccc12. The van der Waals surface area contributed by atoms with Crippen molar-refractivity contribution in [1.82, 2.24) is 5.43 Å². The lowest BCUT2D eigenvalue weighted by molar-refractivity contribution is -0.361. The number of halogens is 7. The van der Waals surface area contributed by atoms with Crippen LogP contribution < -0.4 is 10.2 Å². The van der Waals surface area contributed by atoms with Crippen molar-refractivity contribution in [2.75, 3.05) is 0 Å². The Bertz CT molecular complexity index is 1070. The molecule has 164 valence electrons. The van der Waals surface area contributed by atoms with Crippen molar-refractivity contribution in [1.29, 1.82) is 0 Å². The summed E-state index contributed by atoms with van der Waals surface area (Å²) in [6.07, 6.45) is -5.73. The van der Waals surface area contributed by atoms with Crippen molar-refractivity contribution in [2.24, 2.45) is 5.10 Å². The van der Waals surface area contributed by atoms with E-state index in [0.717, 1.165) is 11.8 Å². The van der Waals surface area contributed by atoms with Gasteiger partial charge in [-0.2, -0.15) is 35.8 Å². The fraction of sp³-hybridized carbons (Fsp3) is 0.190. The molecule has 0 aliphatic heterocycles. The molecule has 0 aromatic heterocycles. The first kappa shape index (κ1) is 22.4. The van der Waals surface area contributed by atoms with Gasteiger partial charge in [0.2, 0.25) is 0 Å². The third-order valence-electron chi connectivity index (χ3n) is 4.32. The van der Waals surface area contributed by atoms with Crippen molar-refractivity contribution >= 4 is 17.0 Å². The van der Waals surface area contributed by atoms with Crippen LogP contribution in [0.1, 0.15) is 11.1 Å². The van der Waals surface area contributed by atoms with Crippen LogP contribution in [0, 0.1) is 0 Å². The Morgan fingerprint density at radius 1 is 0.806 bits per heavy atom. The lowest BCUT2D eigenvalue weighted by atomic mass is 10.0. The molecule has 0 amide bonds. The van der Waals surface area contributed by atoms with E-state index in [1.54, 1.807) is 60.7 Å². The zero-order chi connectivity index (χ0) is 22.7. The minimum absolute atomic E-state index is 0.107. The van der Waals surface area contributed by atoms with Gasteiger partial charge in [-0.05, 0) is 22.4 Å². The highest BCUT2D eigenvalue weighted by molar-refractivity contribution is 6.02. The molecular formula is C21H15F7N2O. The maximum atomic E-state index is 13.5. The normalized spacial score (nSPS) is 13.0. The van der Waals surface area contributed by atoms with Gasteiger partial charge in [0.15, 0.2) is 0 Å². The van der Waals surface area contributed by atoms with E-state index in [2.05, 4.69) is 5.10 Å². The van der Waals surface area contributed by atoms with E-state index in [1.807, 2.05) is 0 Å². The Morgan fingerprint density at radius 2 is 1.45 bits per heavy atom. The Hall–Kier alpha value is -3.30. The molecule has 31 heavy (non-hydrogen) atoms. The molecule has 3 aromatic carbocycles. The first-order valence-corrected chi connectivity index (χ1v) is 8.84. The van der Waals surface area contributed by atoms with Crippen LogP contribution in [0.5, 0.6) is 5.75 Å². The fourth-order valence-electron chi connectivity index (χ4n) is 2.70. The number of nitrogens with one attached hydrogen (secondary N) is 1. The van der Waals surface area contributed by atoms with Gasteiger partial charge in [-0.15, -0.1) is 0 Å². The number of alkyl halides is 7. The second-order valence-corrected chi connectivity index (χ2v) is 6.49. The first-order chi connectivity index (χ1) is 14.5. The van der Waals surface area contributed by atoms with E-state index in [-0.39, 0.29) is 17.9 Å². The summed E-state index contributed by atoms with van der Waals surface area (Å²) in [6, 6.07) is 13.2. The number of benzene rings is 3. The van der Waals surface area contributed by atoms with Gasteiger partial charge in [-0.1, -0.05) is 60.7 Å². The average Bonchev–Trinajstić information content (AvgIpc) is 2.72. The summed E-state index contributed by atoms with van der Waals surface area (Å²) >= 11 is 0. The molecule has 0 aliphatic rings. The molecule has 1 N–H and O–H groups in total. The van der Waals surface area contributed by atoms with Crippen molar-refractivity contribution < 1.29 is 35.5 Å². The predicted molar refractivity (Wildman–Crippen MR) is 101 cm³/mol. The highest BCUT2D eigenvalue weighted by Crippen LogP contribution is 2.45. The molecule has 0 atom stereocenters. The van der Waals surface area contributed by atoms with Crippen LogP contribution in [-0.4, -0.2) is 24.4 Å². The Morgan fingerprint density at radius 3 is 2.13 bits per heavy atom. The molecule has 0 saturated heterocycles. The molecule has 3 nitrogen and oxygen atoms in total. The monoisotopic (exact) mass is 444 g/mol. The van der Waals surface area contributed by atoms with Crippen LogP contribution in [0.15, 0.2) is 71.8 Å². The summed E-state index contributed by atoms with van der Waals surface area (Å²) in [7, 11) is 0. The number of hydrazone groups is 1. The number of ether oxygens (including phenoxy) is 1. The van der Waals surface area contributed by atoms with E-state index in [4.69, 9.17) is 4.74 Å². The predicted octanol–water partition coefficient (Wildman–Crippen LogP) is 6.13. The second-order valence-electron chi connectivity index (χ2n) is 6.49. The molecule has 0 spiro atoms. The average molecular weight is 444 g/mol. The van der Waals surface area contributed by atoms with Crippen LogP contribution in [-0.2, 0) is 6.61 Å². The quantitative estimate of drug-likeness (QED) is 0.206. The van der Waals surface area contributed by atoms with Crippen molar-refractivity contribution in [3.8, 4) is 5.75 Å². The molecule has 0 heterocycles. The zero-order valence-corrected chi connectivity index (χ0v) is 15.6. The lowest BCUT2D eigenvalue weighted by Crippen LogP contribution is -2.58. The summed E-state index contributed by atoms with van der Waals surface area (Å²) in [4.78, 5) is 0. The Kier molecular flexibility index (Phi) is 6.10. The summed E-state index contributed by atoms with van der Waals surface area (Å²) in [5, 5.41) is 4.11. The number of hydrogen-bond donors (Lipinski definition) is 1. The van der Waals surface area contributed by atoms with E-state index in [0.29, 0.717) is 16.2 Å². The van der Waals surface area contributed by atoms with Gasteiger partial charge in [0.1, 0.15) is 12.4 Å². The van der Waals surface area contributed by atoms with E-state index >= 15 is 0 Å². The third kappa shape index (κ3) is 4.73. The van der Waals surface area contributed by atoms with Gasteiger partial charge in [0.05, 0.1) is 6.21 Å². The van der Waals surface area contributed by atoms with Gasteiger partial charge in [0.25, 0.3) is 0 Å². The summed E-state index contributed by atoms with van der Waals surface area (Å²) in [6.45, 7) is 0.107. The van der Waals surface area contributed by atoms with E-state index < -0.39 is 18.1 Å². The molecule has 0 bridgehead atoms. The van der Waals surface area contributed by atoms with Gasteiger partial charge in [0, 0.05) is 5.56 Å². The molecule has 3 rings (SSSR count). The fourth-order valence-corrected chi connectivity index (χ4v) is 2.70. The minimum Gasteiger partial charge on any atom is -0.488 e. The topological polar surface area (TPSA) is 33.6 Å².